The molecular formula is C79H57N4OPt-3. The third kappa shape index (κ3) is 7.42. The molecule has 0 amide bonds. The predicted octanol–water partition coefficient (Wildman–Crippen LogP) is 19.4. The molecule has 85 heavy (non-hydrogen) atoms. The van der Waals surface area contributed by atoms with Crippen LogP contribution in [0.2, 0.25) is 0 Å². The molecule has 0 unspecified atom stereocenters. The molecule has 412 valence electrons. The summed E-state index contributed by atoms with van der Waals surface area (Å²) in [5.74, 6) is 4.88. The number of hydrogen-bond acceptors (Lipinski definition) is 4. The topological polar surface area (TPSA) is 33.5 Å². The number of anilines is 4. The van der Waals surface area contributed by atoms with Crippen molar-refractivity contribution in [2.75, 3.05) is 9.80 Å². The largest absolute Gasteiger partial charge is 0.509 e. The van der Waals surface area contributed by atoms with Crippen molar-refractivity contribution in [2.24, 2.45) is 23.7 Å². The molecule has 0 radical (unpaired) electrons. The Morgan fingerprint density at radius 3 is 1.88 bits per heavy atom. The molecule has 5 nitrogen and oxygen atoms in total. The molecule has 4 bridgehead atoms. The van der Waals surface area contributed by atoms with Gasteiger partial charge in [-0.25, -0.2) is 4.98 Å². The van der Waals surface area contributed by atoms with Gasteiger partial charge in [-0.15, -0.1) is 48.1 Å². The second kappa shape index (κ2) is 19.5. The fourth-order valence-corrected chi connectivity index (χ4v) is 17.2. The molecule has 5 aliphatic carbocycles. The van der Waals surface area contributed by atoms with Crippen molar-refractivity contribution in [1.82, 2.24) is 9.55 Å². The van der Waals surface area contributed by atoms with Crippen LogP contribution in [0.1, 0.15) is 65.5 Å². The first-order valence-electron chi connectivity index (χ1n) is 30.0. The maximum Gasteiger partial charge on any atom is 0.135 e. The van der Waals surface area contributed by atoms with Crippen LogP contribution < -0.4 is 14.5 Å². The number of nitrogens with zero attached hydrogens (tertiary/aromatic N) is 4. The third-order valence-electron chi connectivity index (χ3n) is 20.3. The molecule has 0 atom stereocenters. The molecule has 11 aromatic carbocycles. The van der Waals surface area contributed by atoms with Gasteiger partial charge in [0.2, 0.25) is 0 Å². The molecule has 6 aliphatic rings. The van der Waals surface area contributed by atoms with Crippen LogP contribution in [0.4, 0.5) is 22.7 Å². The maximum absolute atomic E-state index is 6.89. The summed E-state index contributed by atoms with van der Waals surface area (Å²) < 4.78 is 9.22. The van der Waals surface area contributed by atoms with Gasteiger partial charge in [0, 0.05) is 66.8 Å². The zero-order chi connectivity index (χ0) is 55.1. The van der Waals surface area contributed by atoms with Crippen molar-refractivity contribution in [3.63, 3.8) is 0 Å². The van der Waals surface area contributed by atoms with Gasteiger partial charge in [0.15, 0.2) is 0 Å². The maximum atomic E-state index is 6.89. The fourth-order valence-electron chi connectivity index (χ4n) is 17.2. The van der Waals surface area contributed by atoms with Crippen LogP contribution in [-0.2, 0) is 31.9 Å². The summed E-state index contributed by atoms with van der Waals surface area (Å²) in [5.41, 5.74) is 15.9. The van der Waals surface area contributed by atoms with Crippen LogP contribution in [-0.4, -0.2) is 9.55 Å². The Bertz CT molecular complexity index is 4730. The van der Waals surface area contributed by atoms with Crippen LogP contribution in [0.15, 0.2) is 255 Å². The summed E-state index contributed by atoms with van der Waals surface area (Å²) in [6.07, 6.45) is 8.62. The number of pyridine rings is 1. The number of rotatable bonds is 9. The Hall–Kier alpha value is -9.02. The molecule has 0 saturated heterocycles. The van der Waals surface area contributed by atoms with E-state index in [-0.39, 0.29) is 26.5 Å². The average molecular weight is 1270 g/mol. The van der Waals surface area contributed by atoms with Crippen LogP contribution in [0.25, 0.3) is 60.3 Å². The molecule has 0 spiro atoms. The molecule has 3 heterocycles. The number of fused-ring (bicyclic) bond motifs is 10. The van der Waals surface area contributed by atoms with E-state index in [0.29, 0.717) is 23.3 Å². The van der Waals surface area contributed by atoms with Gasteiger partial charge in [-0.05, 0) is 170 Å². The zero-order valence-corrected chi connectivity index (χ0v) is 49.0. The summed E-state index contributed by atoms with van der Waals surface area (Å²) in [7, 11) is 0. The Kier molecular flexibility index (Phi) is 11.6. The van der Waals surface area contributed by atoms with Crippen molar-refractivity contribution in [3.8, 4) is 28.4 Å². The van der Waals surface area contributed by atoms with Gasteiger partial charge < -0.3 is 19.1 Å². The van der Waals surface area contributed by atoms with Crippen molar-refractivity contribution < 1.29 is 25.8 Å². The molecule has 4 saturated carbocycles. The van der Waals surface area contributed by atoms with Crippen molar-refractivity contribution >= 4 is 66.1 Å². The molecule has 6 heteroatoms. The summed E-state index contributed by atoms with van der Waals surface area (Å²) >= 11 is 0. The van der Waals surface area contributed by atoms with Gasteiger partial charge in [0.25, 0.3) is 0 Å². The van der Waals surface area contributed by atoms with Crippen LogP contribution in [0.5, 0.6) is 11.5 Å². The SMILES string of the molecule is [Pt].[c-]1c(Oc2[c-]c3c(cc2)c2ccccc2n3-c2cc(C3(c4cccc5c4ccc4ccccc45)C4CC5CC(C4)CC3C5)ccn2)cccc1N1[CH-]N(c2ccc3c(c2)C(c2ccccc2)(c2ccccc2)c2ccccc2-3)c2ccccc21. The summed E-state index contributed by atoms with van der Waals surface area (Å²) in [4.78, 5) is 9.83. The minimum atomic E-state index is -0.511. The van der Waals surface area contributed by atoms with Crippen molar-refractivity contribution in [3.05, 3.63) is 307 Å². The Labute approximate surface area is 510 Å². The minimum absolute atomic E-state index is 0. The predicted molar refractivity (Wildman–Crippen MR) is 341 cm³/mol. The second-order valence-electron chi connectivity index (χ2n) is 24.3. The first-order valence-corrected chi connectivity index (χ1v) is 30.0. The van der Waals surface area contributed by atoms with E-state index in [1.165, 1.54) is 98.2 Å². The molecule has 19 rings (SSSR count). The van der Waals surface area contributed by atoms with Gasteiger partial charge in [0.05, 0.1) is 5.41 Å². The number of ether oxygens (including phenoxy) is 1. The van der Waals surface area contributed by atoms with Gasteiger partial charge in [0.1, 0.15) is 5.82 Å². The molecule has 0 N–H and O–H groups in total. The Morgan fingerprint density at radius 2 is 1.08 bits per heavy atom. The van der Waals surface area contributed by atoms with Crippen molar-refractivity contribution in [1.29, 1.82) is 0 Å². The Balaban J connectivity index is 0.00000567. The minimum Gasteiger partial charge on any atom is -0.509 e. The molecule has 4 fully saturated rings. The molecular weight excluding hydrogens is 1220 g/mol. The van der Waals surface area contributed by atoms with Crippen LogP contribution in [0, 0.1) is 42.5 Å². The smallest absolute Gasteiger partial charge is 0.135 e. The van der Waals surface area contributed by atoms with E-state index < -0.39 is 5.41 Å². The fraction of sp³-hybridized carbons (Fsp3) is 0.139. The van der Waals surface area contributed by atoms with Gasteiger partial charge in [-0.2, -0.15) is 12.1 Å². The van der Waals surface area contributed by atoms with Crippen LogP contribution in [0.3, 0.4) is 0 Å². The van der Waals surface area contributed by atoms with Gasteiger partial charge in [-0.3, -0.25) is 0 Å². The number of hydrogen-bond donors (Lipinski definition) is 0. The molecule has 2 aromatic heterocycles. The number of aromatic nitrogens is 2. The van der Waals surface area contributed by atoms with Gasteiger partial charge >= 0.3 is 0 Å². The summed E-state index contributed by atoms with van der Waals surface area (Å²) in [6.45, 7) is 2.20. The summed E-state index contributed by atoms with van der Waals surface area (Å²) in [5, 5.41) is 7.62. The van der Waals surface area contributed by atoms with Crippen molar-refractivity contribution in [2.45, 2.75) is 42.9 Å². The summed E-state index contributed by atoms with van der Waals surface area (Å²) in [6, 6.07) is 98.9. The van der Waals surface area contributed by atoms with E-state index >= 15 is 0 Å². The normalized spacial score (nSPS) is 20.4. The van der Waals surface area contributed by atoms with E-state index in [1.54, 1.807) is 0 Å². The first-order chi connectivity index (χ1) is 41.6. The van der Waals surface area contributed by atoms with E-state index in [0.717, 1.165) is 62.2 Å². The molecule has 1 aliphatic heterocycles. The van der Waals surface area contributed by atoms with Crippen LogP contribution >= 0.6 is 0 Å². The first kappa shape index (κ1) is 50.5. The Morgan fingerprint density at radius 1 is 0.447 bits per heavy atom. The number of benzene rings is 11. The van der Waals surface area contributed by atoms with E-state index in [2.05, 4.69) is 276 Å². The standard InChI is InChI=1S/C79H57N4O.Pt/c1-3-18-54(19-4-1)79(55-20-5-2-6-21-55)71-28-11-9-25-65(71)67-37-34-60(48-72(67)79)82-50-81(74-31-13-14-32-75(74)82)59-22-15-23-61(47-59)84-62-35-38-69-68-26-10-12-30-73(68)83(76(69)49-62)77-46-56(39-40-80-77)78(57-42-51-41-52(44-57)45-58(78)43-51)70-29-16-27-64-63-24-8-7-17-53(63)33-36-66(64)70;/h1-40,46,48,50-52,57-58H,41-45H2;/q-3;. The monoisotopic (exact) mass is 1270 g/mol. The van der Waals surface area contributed by atoms with Gasteiger partial charge in [-0.1, -0.05) is 181 Å². The number of para-hydroxylation sites is 3. The zero-order valence-electron chi connectivity index (χ0n) is 46.7. The van der Waals surface area contributed by atoms with E-state index in [1.807, 2.05) is 12.1 Å². The van der Waals surface area contributed by atoms with E-state index in [4.69, 9.17) is 9.72 Å². The van der Waals surface area contributed by atoms with E-state index in [9.17, 15) is 0 Å². The third-order valence-corrected chi connectivity index (χ3v) is 20.3. The quantitative estimate of drug-likeness (QED) is 0.107. The molecule has 13 aromatic rings. The second-order valence-corrected chi connectivity index (χ2v) is 24.3. The average Bonchev–Trinajstić information content (AvgIpc) is 1.99.